The molecular formula is C15H19NO. The molecule has 0 aromatic heterocycles. The van der Waals surface area contributed by atoms with Crippen molar-refractivity contribution in [1.82, 2.24) is 4.90 Å². The molecule has 1 amide bonds. The van der Waals surface area contributed by atoms with Crippen molar-refractivity contribution in [3.05, 3.63) is 35.4 Å². The highest BCUT2D eigenvalue weighted by molar-refractivity contribution is 5.79. The number of hydrogen-bond acceptors (Lipinski definition) is 1. The second kappa shape index (κ2) is 4.17. The Hall–Kier alpha value is -1.31. The molecule has 0 spiro atoms. The number of rotatable bonds is 0. The van der Waals surface area contributed by atoms with Crippen molar-refractivity contribution in [2.45, 2.75) is 44.6 Å². The summed E-state index contributed by atoms with van der Waals surface area (Å²) in [7, 11) is 0. The second-order valence-corrected chi connectivity index (χ2v) is 5.31. The second-order valence-electron chi connectivity index (χ2n) is 5.31. The summed E-state index contributed by atoms with van der Waals surface area (Å²) in [6.45, 7) is 3.26. The van der Waals surface area contributed by atoms with Crippen LogP contribution >= 0.6 is 0 Å². The molecule has 1 fully saturated rings. The summed E-state index contributed by atoms with van der Waals surface area (Å²) in [5, 5.41) is 0. The van der Waals surface area contributed by atoms with Crippen LogP contribution in [0.2, 0.25) is 0 Å². The molecular weight excluding hydrogens is 210 g/mol. The van der Waals surface area contributed by atoms with Crippen molar-refractivity contribution >= 4 is 5.91 Å². The van der Waals surface area contributed by atoms with E-state index < -0.39 is 0 Å². The van der Waals surface area contributed by atoms with Crippen molar-refractivity contribution < 1.29 is 4.79 Å². The Morgan fingerprint density at radius 1 is 1.18 bits per heavy atom. The average molecular weight is 229 g/mol. The fourth-order valence-electron chi connectivity index (χ4n) is 3.32. The molecule has 2 heterocycles. The van der Waals surface area contributed by atoms with Gasteiger partial charge in [0.05, 0.1) is 6.04 Å². The van der Waals surface area contributed by atoms with Crippen LogP contribution in [0.4, 0.5) is 0 Å². The first-order chi connectivity index (χ1) is 8.27. The molecule has 2 aliphatic heterocycles. The number of carbonyl (C=O) groups is 1. The van der Waals surface area contributed by atoms with Gasteiger partial charge in [-0.2, -0.15) is 0 Å². The van der Waals surface area contributed by atoms with Crippen LogP contribution in [0, 0.1) is 0 Å². The van der Waals surface area contributed by atoms with Gasteiger partial charge in [0, 0.05) is 13.0 Å². The van der Waals surface area contributed by atoms with Gasteiger partial charge in [0.2, 0.25) is 5.91 Å². The van der Waals surface area contributed by atoms with Crippen LogP contribution in [0.3, 0.4) is 0 Å². The van der Waals surface area contributed by atoms with Gasteiger partial charge in [0.15, 0.2) is 0 Å². The first-order valence-corrected chi connectivity index (χ1v) is 6.65. The number of benzene rings is 1. The van der Waals surface area contributed by atoms with Crippen molar-refractivity contribution in [1.29, 1.82) is 0 Å². The van der Waals surface area contributed by atoms with Crippen LogP contribution in [0.15, 0.2) is 24.3 Å². The highest BCUT2D eigenvalue weighted by atomic mass is 16.2. The SMILES string of the molecule is C[C@H]1CCCN2C(=O)CC[C@@H]2c2ccccc21. The van der Waals surface area contributed by atoms with Crippen LogP contribution in [0.5, 0.6) is 0 Å². The molecule has 0 aliphatic carbocycles. The van der Waals surface area contributed by atoms with Gasteiger partial charge in [0.25, 0.3) is 0 Å². The minimum atomic E-state index is 0.347. The monoisotopic (exact) mass is 229 g/mol. The number of fused-ring (bicyclic) bond motifs is 3. The van der Waals surface area contributed by atoms with E-state index >= 15 is 0 Å². The van der Waals surface area contributed by atoms with E-state index in [-0.39, 0.29) is 0 Å². The Bertz CT molecular complexity index is 440. The Morgan fingerprint density at radius 2 is 1.94 bits per heavy atom. The van der Waals surface area contributed by atoms with E-state index in [4.69, 9.17) is 0 Å². The minimum Gasteiger partial charge on any atom is -0.336 e. The van der Waals surface area contributed by atoms with Crippen molar-refractivity contribution in [3.8, 4) is 0 Å². The number of carbonyl (C=O) groups excluding carboxylic acids is 1. The lowest BCUT2D eigenvalue weighted by Gasteiger charge is -2.31. The first-order valence-electron chi connectivity index (χ1n) is 6.65. The molecule has 0 unspecified atom stereocenters. The van der Waals surface area contributed by atoms with Gasteiger partial charge in [-0.05, 0) is 36.3 Å². The normalized spacial score (nSPS) is 28.3. The average Bonchev–Trinajstić information content (AvgIpc) is 2.69. The third kappa shape index (κ3) is 1.76. The summed E-state index contributed by atoms with van der Waals surface area (Å²) in [6.07, 6.45) is 4.06. The maximum atomic E-state index is 11.9. The zero-order valence-corrected chi connectivity index (χ0v) is 10.4. The third-order valence-corrected chi connectivity index (χ3v) is 4.25. The molecule has 2 aliphatic rings. The maximum absolute atomic E-state index is 11.9. The molecule has 0 bridgehead atoms. The standard InChI is InChI=1S/C15H19NO/c1-11-5-4-10-16-14(8-9-15(16)17)13-7-3-2-6-12(11)13/h2-3,6-7,11,14H,4-5,8-10H2,1H3/t11-,14+/m0/s1. The molecule has 2 nitrogen and oxygen atoms in total. The molecule has 2 heteroatoms. The number of nitrogens with zero attached hydrogens (tertiary/aromatic N) is 1. The van der Waals surface area contributed by atoms with Gasteiger partial charge >= 0.3 is 0 Å². The van der Waals surface area contributed by atoms with Gasteiger partial charge in [-0.1, -0.05) is 31.2 Å². The number of amides is 1. The van der Waals surface area contributed by atoms with Gasteiger partial charge in [-0.3, -0.25) is 4.79 Å². The van der Waals surface area contributed by atoms with E-state index in [1.54, 1.807) is 0 Å². The van der Waals surface area contributed by atoms with Crippen LogP contribution in [0.1, 0.15) is 55.7 Å². The molecule has 90 valence electrons. The molecule has 0 radical (unpaired) electrons. The van der Waals surface area contributed by atoms with Gasteiger partial charge < -0.3 is 4.90 Å². The lowest BCUT2D eigenvalue weighted by Crippen LogP contribution is -2.31. The van der Waals surface area contributed by atoms with Gasteiger partial charge in [-0.25, -0.2) is 0 Å². The molecule has 0 saturated carbocycles. The molecule has 0 N–H and O–H groups in total. The van der Waals surface area contributed by atoms with Crippen molar-refractivity contribution in [2.24, 2.45) is 0 Å². The van der Waals surface area contributed by atoms with Crippen molar-refractivity contribution in [2.75, 3.05) is 6.54 Å². The molecule has 3 rings (SSSR count). The molecule has 1 saturated heterocycles. The fraction of sp³-hybridized carbons (Fsp3) is 0.533. The van der Waals surface area contributed by atoms with E-state index in [0.29, 0.717) is 17.9 Å². The lowest BCUT2D eigenvalue weighted by atomic mass is 9.86. The zero-order valence-electron chi connectivity index (χ0n) is 10.4. The topological polar surface area (TPSA) is 20.3 Å². The smallest absolute Gasteiger partial charge is 0.223 e. The number of hydrogen-bond donors (Lipinski definition) is 0. The summed E-state index contributed by atoms with van der Waals surface area (Å²) in [5.41, 5.74) is 2.85. The maximum Gasteiger partial charge on any atom is 0.223 e. The predicted octanol–water partition coefficient (Wildman–Crippen LogP) is 3.25. The third-order valence-electron chi connectivity index (χ3n) is 4.25. The Kier molecular flexibility index (Phi) is 2.65. The van der Waals surface area contributed by atoms with Crippen molar-refractivity contribution in [3.63, 3.8) is 0 Å². The Balaban J connectivity index is 2.06. The lowest BCUT2D eigenvalue weighted by molar-refractivity contribution is -0.129. The molecule has 1 aromatic carbocycles. The summed E-state index contributed by atoms with van der Waals surface area (Å²) >= 11 is 0. The summed E-state index contributed by atoms with van der Waals surface area (Å²) in [5.74, 6) is 0.975. The quantitative estimate of drug-likeness (QED) is 0.668. The van der Waals surface area contributed by atoms with E-state index in [1.807, 2.05) is 0 Å². The summed E-state index contributed by atoms with van der Waals surface area (Å²) in [6, 6.07) is 9.03. The van der Waals surface area contributed by atoms with E-state index in [2.05, 4.69) is 36.1 Å². The van der Waals surface area contributed by atoms with Crippen LogP contribution in [-0.4, -0.2) is 17.4 Å². The predicted molar refractivity (Wildman–Crippen MR) is 67.8 cm³/mol. The molecule has 2 atom stereocenters. The minimum absolute atomic E-state index is 0.347. The summed E-state index contributed by atoms with van der Waals surface area (Å²) in [4.78, 5) is 14.0. The van der Waals surface area contributed by atoms with Crippen LogP contribution in [0.25, 0.3) is 0 Å². The van der Waals surface area contributed by atoms with Gasteiger partial charge in [0.1, 0.15) is 0 Å². The Labute approximate surface area is 103 Å². The fourth-order valence-corrected chi connectivity index (χ4v) is 3.32. The molecule has 17 heavy (non-hydrogen) atoms. The molecule has 1 aromatic rings. The highest BCUT2D eigenvalue weighted by Gasteiger charge is 2.34. The Morgan fingerprint density at radius 3 is 2.76 bits per heavy atom. The van der Waals surface area contributed by atoms with E-state index in [1.165, 1.54) is 17.5 Å². The highest BCUT2D eigenvalue weighted by Crippen LogP contribution is 2.39. The van der Waals surface area contributed by atoms with Crippen LogP contribution < -0.4 is 0 Å². The zero-order chi connectivity index (χ0) is 11.8. The first kappa shape index (κ1) is 10.8. The van der Waals surface area contributed by atoms with Gasteiger partial charge in [-0.15, -0.1) is 0 Å². The summed E-state index contributed by atoms with van der Waals surface area (Å²) < 4.78 is 0. The van der Waals surface area contributed by atoms with E-state index in [9.17, 15) is 4.79 Å². The van der Waals surface area contributed by atoms with Crippen LogP contribution in [-0.2, 0) is 4.79 Å². The van der Waals surface area contributed by atoms with E-state index in [0.717, 1.165) is 25.8 Å². The largest absolute Gasteiger partial charge is 0.336 e.